The van der Waals surface area contributed by atoms with E-state index >= 15 is 0 Å². The molecule has 1 aromatic heterocycles. The third-order valence-electron chi connectivity index (χ3n) is 0.888. The molecule has 0 atom stereocenters. The van der Waals surface area contributed by atoms with E-state index in [-0.39, 0.29) is 0 Å². The van der Waals surface area contributed by atoms with E-state index in [1.54, 1.807) is 0 Å². The van der Waals surface area contributed by atoms with E-state index in [4.69, 9.17) is 5.73 Å². The van der Waals surface area contributed by atoms with E-state index in [1.165, 1.54) is 12.4 Å². The van der Waals surface area contributed by atoms with Crippen molar-refractivity contribution in [2.45, 2.75) is 0 Å². The Morgan fingerprint density at radius 2 is 2.09 bits per heavy atom. The SMILES string of the molecule is NC(=O)Nc1cnc(Br)nc1. The third-order valence-corrected chi connectivity index (χ3v) is 1.30. The molecular weight excluding hydrogens is 212 g/mol. The van der Waals surface area contributed by atoms with Crippen molar-refractivity contribution in [1.82, 2.24) is 9.97 Å². The Morgan fingerprint density at radius 3 is 2.55 bits per heavy atom. The summed E-state index contributed by atoms with van der Waals surface area (Å²) in [6.07, 6.45) is 2.89. The van der Waals surface area contributed by atoms with Gasteiger partial charge in [0.05, 0.1) is 18.1 Å². The second-order valence-electron chi connectivity index (χ2n) is 1.73. The van der Waals surface area contributed by atoms with Crippen LogP contribution in [0.4, 0.5) is 10.5 Å². The molecule has 2 amide bonds. The number of anilines is 1. The number of halogens is 1. The number of hydrogen-bond donors (Lipinski definition) is 2. The van der Waals surface area contributed by atoms with Gasteiger partial charge >= 0.3 is 6.03 Å². The molecule has 6 heteroatoms. The van der Waals surface area contributed by atoms with Gasteiger partial charge in [-0.1, -0.05) is 0 Å². The molecule has 1 aromatic rings. The Kier molecular flexibility index (Phi) is 2.37. The Morgan fingerprint density at radius 1 is 1.55 bits per heavy atom. The molecule has 0 aliphatic heterocycles. The van der Waals surface area contributed by atoms with Gasteiger partial charge in [0.15, 0.2) is 4.73 Å². The maximum absolute atomic E-state index is 10.3. The van der Waals surface area contributed by atoms with Gasteiger partial charge in [0.1, 0.15) is 0 Å². The predicted molar refractivity (Wildman–Crippen MR) is 42.9 cm³/mol. The molecule has 1 rings (SSSR count). The van der Waals surface area contributed by atoms with Crippen LogP contribution in [0.3, 0.4) is 0 Å². The molecule has 1 heterocycles. The zero-order chi connectivity index (χ0) is 8.27. The largest absolute Gasteiger partial charge is 0.351 e. The van der Waals surface area contributed by atoms with Gasteiger partial charge in [-0.25, -0.2) is 14.8 Å². The van der Waals surface area contributed by atoms with Gasteiger partial charge in [-0.05, 0) is 15.9 Å². The van der Waals surface area contributed by atoms with Crippen LogP contribution < -0.4 is 11.1 Å². The Labute approximate surface area is 71.2 Å². The number of nitrogens with one attached hydrogen (secondary N) is 1. The van der Waals surface area contributed by atoms with Crippen molar-refractivity contribution < 1.29 is 4.79 Å². The number of amides is 2. The normalized spacial score (nSPS) is 9.18. The molecule has 58 valence electrons. The van der Waals surface area contributed by atoms with Crippen LogP contribution in [-0.2, 0) is 0 Å². The van der Waals surface area contributed by atoms with Gasteiger partial charge in [0.2, 0.25) is 0 Å². The molecule has 0 fully saturated rings. The molecule has 0 aliphatic carbocycles. The first-order valence-corrected chi connectivity index (χ1v) is 3.52. The fourth-order valence-electron chi connectivity index (χ4n) is 0.519. The molecule has 5 nitrogen and oxygen atoms in total. The summed E-state index contributed by atoms with van der Waals surface area (Å²) < 4.78 is 0.465. The molecule has 0 saturated carbocycles. The molecule has 0 radical (unpaired) electrons. The summed E-state index contributed by atoms with van der Waals surface area (Å²) in [5.74, 6) is 0. The van der Waals surface area contributed by atoms with Gasteiger partial charge in [-0.3, -0.25) is 0 Å². The van der Waals surface area contributed by atoms with Gasteiger partial charge < -0.3 is 11.1 Å². The summed E-state index contributed by atoms with van der Waals surface area (Å²) in [6.45, 7) is 0. The Bertz CT molecular complexity index is 260. The van der Waals surface area contributed by atoms with Crippen molar-refractivity contribution in [3.05, 3.63) is 17.1 Å². The molecule has 0 aliphatic rings. The highest BCUT2D eigenvalue weighted by molar-refractivity contribution is 9.10. The molecule has 0 unspecified atom stereocenters. The minimum Gasteiger partial charge on any atom is -0.351 e. The zero-order valence-corrected chi connectivity index (χ0v) is 7.00. The van der Waals surface area contributed by atoms with Crippen LogP contribution in [0.15, 0.2) is 17.1 Å². The summed E-state index contributed by atoms with van der Waals surface area (Å²) in [7, 11) is 0. The lowest BCUT2D eigenvalue weighted by Crippen LogP contribution is -2.19. The van der Waals surface area contributed by atoms with Crippen molar-refractivity contribution >= 4 is 27.6 Å². The number of rotatable bonds is 1. The number of aromatic nitrogens is 2. The van der Waals surface area contributed by atoms with E-state index in [9.17, 15) is 4.79 Å². The van der Waals surface area contributed by atoms with Crippen LogP contribution >= 0.6 is 15.9 Å². The van der Waals surface area contributed by atoms with Crippen molar-refractivity contribution in [1.29, 1.82) is 0 Å². The Balaban J connectivity index is 2.74. The summed E-state index contributed by atoms with van der Waals surface area (Å²) >= 11 is 3.05. The fourth-order valence-corrected chi connectivity index (χ4v) is 0.724. The monoisotopic (exact) mass is 216 g/mol. The minimum atomic E-state index is -0.629. The van der Waals surface area contributed by atoms with Gasteiger partial charge in [-0.2, -0.15) is 0 Å². The van der Waals surface area contributed by atoms with E-state index in [0.717, 1.165) is 0 Å². The highest BCUT2D eigenvalue weighted by atomic mass is 79.9. The maximum Gasteiger partial charge on any atom is 0.316 e. The number of nitrogens with two attached hydrogens (primary N) is 1. The second kappa shape index (κ2) is 3.29. The molecule has 0 saturated heterocycles. The molecule has 11 heavy (non-hydrogen) atoms. The van der Waals surface area contributed by atoms with E-state index in [0.29, 0.717) is 10.4 Å². The van der Waals surface area contributed by atoms with Crippen LogP contribution in [0.5, 0.6) is 0 Å². The molecule has 3 N–H and O–H groups in total. The average molecular weight is 217 g/mol. The van der Waals surface area contributed by atoms with E-state index < -0.39 is 6.03 Å². The number of hydrogen-bond acceptors (Lipinski definition) is 3. The van der Waals surface area contributed by atoms with Crippen molar-refractivity contribution in [3.8, 4) is 0 Å². The first-order valence-electron chi connectivity index (χ1n) is 2.72. The molecule has 0 aromatic carbocycles. The molecule has 0 bridgehead atoms. The van der Waals surface area contributed by atoms with Gasteiger partial charge in [-0.15, -0.1) is 0 Å². The minimum absolute atomic E-state index is 0.465. The Hall–Kier alpha value is -1.17. The molecular formula is C5H5BrN4O. The summed E-state index contributed by atoms with van der Waals surface area (Å²) in [5.41, 5.74) is 5.32. The summed E-state index contributed by atoms with van der Waals surface area (Å²) in [4.78, 5) is 17.8. The van der Waals surface area contributed by atoms with Gasteiger partial charge in [0.25, 0.3) is 0 Å². The lowest BCUT2D eigenvalue weighted by Gasteiger charge is -1.98. The summed E-state index contributed by atoms with van der Waals surface area (Å²) in [5, 5.41) is 2.32. The quantitative estimate of drug-likeness (QED) is 0.680. The number of carbonyl (C=O) groups is 1. The average Bonchev–Trinajstić information content (AvgIpc) is 1.93. The number of nitrogens with zero attached hydrogens (tertiary/aromatic N) is 2. The van der Waals surface area contributed by atoms with Crippen LogP contribution in [0.2, 0.25) is 0 Å². The van der Waals surface area contributed by atoms with Crippen molar-refractivity contribution in [2.24, 2.45) is 5.73 Å². The lowest BCUT2D eigenvalue weighted by molar-refractivity contribution is 0.259. The number of urea groups is 1. The third kappa shape index (κ3) is 2.50. The van der Waals surface area contributed by atoms with Crippen molar-refractivity contribution in [2.75, 3.05) is 5.32 Å². The zero-order valence-electron chi connectivity index (χ0n) is 5.41. The standard InChI is InChI=1S/C5H5BrN4O/c6-4-8-1-3(2-9-4)10-5(7)11/h1-2H,(H3,7,10,11). The lowest BCUT2D eigenvalue weighted by atomic mass is 10.5. The van der Waals surface area contributed by atoms with E-state index in [2.05, 4.69) is 31.2 Å². The first-order chi connectivity index (χ1) is 5.18. The summed E-state index contributed by atoms with van der Waals surface area (Å²) in [6, 6.07) is -0.629. The smallest absolute Gasteiger partial charge is 0.316 e. The van der Waals surface area contributed by atoms with Crippen molar-refractivity contribution in [3.63, 3.8) is 0 Å². The predicted octanol–water partition coefficient (Wildman–Crippen LogP) is 0.730. The number of primary amides is 1. The van der Waals surface area contributed by atoms with Crippen LogP contribution in [0.25, 0.3) is 0 Å². The highest BCUT2D eigenvalue weighted by Crippen LogP contribution is 2.05. The van der Waals surface area contributed by atoms with Crippen LogP contribution in [-0.4, -0.2) is 16.0 Å². The topological polar surface area (TPSA) is 80.9 Å². The van der Waals surface area contributed by atoms with E-state index in [1.807, 2.05) is 0 Å². The van der Waals surface area contributed by atoms with Crippen LogP contribution in [0, 0.1) is 0 Å². The maximum atomic E-state index is 10.3. The number of carbonyl (C=O) groups excluding carboxylic acids is 1. The molecule has 0 spiro atoms. The van der Waals surface area contributed by atoms with Crippen LogP contribution in [0.1, 0.15) is 0 Å². The fraction of sp³-hybridized carbons (Fsp3) is 0. The second-order valence-corrected chi connectivity index (χ2v) is 2.44. The van der Waals surface area contributed by atoms with Gasteiger partial charge in [0, 0.05) is 0 Å². The first kappa shape index (κ1) is 7.93. The highest BCUT2D eigenvalue weighted by Gasteiger charge is 1.95.